The molecule has 136 valence electrons. The average molecular weight is 363 g/mol. The Balaban J connectivity index is 0.00000225. The topological polar surface area (TPSA) is 48.1 Å². The molecule has 0 bridgehead atoms. The maximum atomic E-state index is 9.63. The number of benzene rings is 2. The molecule has 25 heavy (non-hydrogen) atoms. The lowest BCUT2D eigenvalue weighted by molar-refractivity contribution is -0.913. The summed E-state index contributed by atoms with van der Waals surface area (Å²) in [6.45, 7) is 3.69. The molecule has 1 heterocycles. The van der Waals surface area contributed by atoms with Crippen molar-refractivity contribution < 1.29 is 27.5 Å². The smallest absolute Gasteiger partial charge is 0.101 e. The van der Waals surface area contributed by atoms with Gasteiger partial charge in [-0.2, -0.15) is 0 Å². The van der Waals surface area contributed by atoms with Gasteiger partial charge >= 0.3 is 0 Å². The highest BCUT2D eigenvalue weighted by Crippen LogP contribution is 2.31. The van der Waals surface area contributed by atoms with Crippen molar-refractivity contribution in [3.05, 3.63) is 71.8 Å². The van der Waals surface area contributed by atoms with Crippen molar-refractivity contribution in [1.29, 1.82) is 0 Å². The quantitative estimate of drug-likeness (QED) is 0.540. The molecule has 5 heteroatoms. The number of piperazine rings is 1. The van der Waals surface area contributed by atoms with Crippen molar-refractivity contribution in [2.24, 2.45) is 0 Å². The minimum atomic E-state index is 0. The van der Waals surface area contributed by atoms with E-state index < -0.39 is 0 Å². The van der Waals surface area contributed by atoms with E-state index in [4.69, 9.17) is 0 Å². The largest absolute Gasteiger partial charge is 1.00 e. The van der Waals surface area contributed by atoms with Crippen molar-refractivity contribution >= 4 is 0 Å². The van der Waals surface area contributed by atoms with Crippen LogP contribution >= 0.6 is 0 Å². The van der Waals surface area contributed by atoms with E-state index in [1.54, 1.807) is 0 Å². The first-order valence-electron chi connectivity index (χ1n) is 8.74. The first kappa shape index (κ1) is 19.9. The van der Waals surface area contributed by atoms with Crippen LogP contribution in [0.25, 0.3) is 0 Å². The number of quaternary nitrogens is 1. The molecule has 1 aliphatic heterocycles. The maximum absolute atomic E-state index is 9.63. The summed E-state index contributed by atoms with van der Waals surface area (Å²) in [5, 5.41) is 19.1. The Morgan fingerprint density at radius 2 is 1.28 bits per heavy atom. The summed E-state index contributed by atoms with van der Waals surface area (Å²) in [5.74, 6) is 0. The number of halogens is 1. The highest BCUT2D eigenvalue weighted by atomic mass is 35.5. The molecule has 3 rings (SSSR count). The van der Waals surface area contributed by atoms with Crippen LogP contribution in [0.4, 0.5) is 0 Å². The first-order chi connectivity index (χ1) is 11.8. The van der Waals surface area contributed by atoms with Gasteiger partial charge in [0.15, 0.2) is 0 Å². The lowest BCUT2D eigenvalue weighted by atomic mass is 9.94. The zero-order chi connectivity index (χ0) is 16.8. The molecule has 3 N–H and O–H groups in total. The molecule has 1 aliphatic rings. The second-order valence-electron chi connectivity index (χ2n) is 6.45. The number of nitrogens with zero attached hydrogens (tertiary/aromatic N) is 1. The van der Waals surface area contributed by atoms with Crippen molar-refractivity contribution in [3.63, 3.8) is 0 Å². The van der Waals surface area contributed by atoms with Gasteiger partial charge in [-0.05, 0) is 11.1 Å². The minimum absolute atomic E-state index is 0. The molecule has 0 saturated carbocycles. The fraction of sp³-hybridized carbons (Fsp3) is 0.400. The van der Waals surface area contributed by atoms with E-state index in [9.17, 15) is 10.2 Å². The van der Waals surface area contributed by atoms with Crippen LogP contribution in [0.3, 0.4) is 0 Å². The third kappa shape index (κ3) is 4.81. The van der Waals surface area contributed by atoms with E-state index in [1.807, 2.05) is 12.1 Å². The third-order valence-corrected chi connectivity index (χ3v) is 4.96. The van der Waals surface area contributed by atoms with E-state index in [-0.39, 0.29) is 37.7 Å². The van der Waals surface area contributed by atoms with Crippen LogP contribution in [-0.2, 0) is 0 Å². The van der Waals surface area contributed by atoms with Crippen LogP contribution in [0, 0.1) is 0 Å². The second kappa shape index (κ2) is 9.90. The fourth-order valence-corrected chi connectivity index (χ4v) is 3.84. The van der Waals surface area contributed by atoms with Gasteiger partial charge in [0.2, 0.25) is 0 Å². The lowest BCUT2D eigenvalue weighted by Crippen LogP contribution is -3.15. The summed E-state index contributed by atoms with van der Waals surface area (Å²) in [6.07, 6.45) is 0. The molecular formula is C20H27ClN2O2. The average Bonchev–Trinajstić information content (AvgIpc) is 2.64. The lowest BCUT2D eigenvalue weighted by Gasteiger charge is -2.44. The molecule has 0 aromatic heterocycles. The molecule has 2 aromatic rings. The maximum Gasteiger partial charge on any atom is 0.101 e. The first-order valence-corrected chi connectivity index (χ1v) is 8.74. The molecule has 0 spiro atoms. The Kier molecular flexibility index (Phi) is 7.88. The van der Waals surface area contributed by atoms with Crippen LogP contribution in [0.15, 0.2) is 60.7 Å². The van der Waals surface area contributed by atoms with Gasteiger partial charge in [-0.1, -0.05) is 60.7 Å². The van der Waals surface area contributed by atoms with Gasteiger partial charge in [0.05, 0.1) is 38.4 Å². The van der Waals surface area contributed by atoms with Gasteiger partial charge in [0, 0.05) is 6.54 Å². The van der Waals surface area contributed by atoms with Crippen LogP contribution in [0.5, 0.6) is 0 Å². The SMILES string of the molecule is OCCN1[C@H](c2ccccc2)C[NH+](CCO)C[C@H]1c1ccccc1.[Cl-]. The standard InChI is InChI=1S/C20H26N2O2.ClH/c23-13-11-21-15-19(17-7-3-1-4-8-17)22(12-14-24)20(16-21)18-9-5-2-6-10-18;/h1-10,19-20,23-24H,11-16H2;1H/t19-,20-;/m0./s1. The van der Waals surface area contributed by atoms with Crippen molar-refractivity contribution in [1.82, 2.24) is 4.90 Å². The molecule has 0 amide bonds. The molecule has 1 saturated heterocycles. The predicted molar refractivity (Wildman–Crippen MR) is 94.8 cm³/mol. The fourth-order valence-electron chi connectivity index (χ4n) is 3.84. The van der Waals surface area contributed by atoms with Gasteiger partial charge in [-0.25, -0.2) is 0 Å². The van der Waals surface area contributed by atoms with Crippen molar-refractivity contribution in [3.8, 4) is 0 Å². The molecule has 2 atom stereocenters. The van der Waals surface area contributed by atoms with Crippen LogP contribution < -0.4 is 17.3 Å². The molecular weight excluding hydrogens is 336 g/mol. The molecule has 1 fully saturated rings. The molecule has 0 radical (unpaired) electrons. The molecule has 0 unspecified atom stereocenters. The Morgan fingerprint density at radius 3 is 1.68 bits per heavy atom. The van der Waals surface area contributed by atoms with Gasteiger partial charge in [0.1, 0.15) is 6.54 Å². The van der Waals surface area contributed by atoms with E-state index in [1.165, 1.54) is 16.0 Å². The van der Waals surface area contributed by atoms with E-state index in [0.717, 1.165) is 19.6 Å². The summed E-state index contributed by atoms with van der Waals surface area (Å²) in [5.41, 5.74) is 2.56. The third-order valence-electron chi connectivity index (χ3n) is 4.96. The number of hydrogen-bond acceptors (Lipinski definition) is 3. The number of aliphatic hydroxyl groups excluding tert-OH is 2. The van der Waals surface area contributed by atoms with E-state index >= 15 is 0 Å². The Hall–Kier alpha value is -1.43. The molecule has 2 aromatic carbocycles. The second-order valence-corrected chi connectivity index (χ2v) is 6.45. The number of aliphatic hydroxyl groups is 2. The van der Waals surface area contributed by atoms with Crippen LogP contribution in [0.2, 0.25) is 0 Å². The highest BCUT2D eigenvalue weighted by Gasteiger charge is 2.38. The number of rotatable bonds is 6. The van der Waals surface area contributed by atoms with Gasteiger partial charge in [-0.3, -0.25) is 4.90 Å². The Bertz CT molecular complexity index is 562. The number of β-amino-alcohol motifs (C(OH)–C–C–N with tert-alkyl or cyclic N) is 1. The summed E-state index contributed by atoms with van der Waals surface area (Å²) < 4.78 is 0. The monoisotopic (exact) mass is 362 g/mol. The highest BCUT2D eigenvalue weighted by molar-refractivity contribution is 5.24. The Morgan fingerprint density at radius 1 is 0.800 bits per heavy atom. The summed E-state index contributed by atoms with van der Waals surface area (Å²) in [7, 11) is 0. The number of hydrogen-bond donors (Lipinski definition) is 3. The van der Waals surface area contributed by atoms with Gasteiger partial charge in [-0.15, -0.1) is 0 Å². The molecule has 0 aliphatic carbocycles. The predicted octanol–water partition coefficient (Wildman–Crippen LogP) is -2.34. The van der Waals surface area contributed by atoms with Crippen LogP contribution in [0.1, 0.15) is 23.2 Å². The van der Waals surface area contributed by atoms with Gasteiger partial charge < -0.3 is 27.5 Å². The van der Waals surface area contributed by atoms with E-state index in [2.05, 4.69) is 53.4 Å². The molecule has 4 nitrogen and oxygen atoms in total. The zero-order valence-electron chi connectivity index (χ0n) is 14.4. The van der Waals surface area contributed by atoms with Crippen LogP contribution in [-0.4, -0.2) is 54.5 Å². The minimum Gasteiger partial charge on any atom is -1.00 e. The number of nitrogens with one attached hydrogen (secondary N) is 1. The van der Waals surface area contributed by atoms with Crippen molar-refractivity contribution in [2.45, 2.75) is 12.1 Å². The van der Waals surface area contributed by atoms with Gasteiger partial charge in [0.25, 0.3) is 0 Å². The normalized spacial score (nSPS) is 23.8. The summed E-state index contributed by atoms with van der Waals surface area (Å²) >= 11 is 0. The summed E-state index contributed by atoms with van der Waals surface area (Å²) in [4.78, 5) is 3.83. The summed E-state index contributed by atoms with van der Waals surface area (Å²) in [6, 6.07) is 21.5. The van der Waals surface area contributed by atoms with E-state index in [0.29, 0.717) is 6.54 Å². The zero-order valence-corrected chi connectivity index (χ0v) is 15.1. The van der Waals surface area contributed by atoms with Crippen molar-refractivity contribution in [2.75, 3.05) is 39.4 Å². The Labute approximate surface area is 156 Å².